The minimum absolute atomic E-state index is 0.436. The molecule has 0 aliphatic heterocycles. The SMILES string of the molecule is NC(N)N/C=C\CI. The van der Waals surface area contributed by atoms with E-state index in [1.807, 2.05) is 6.08 Å². The van der Waals surface area contributed by atoms with Crippen LogP contribution >= 0.6 is 22.6 Å². The lowest BCUT2D eigenvalue weighted by atomic mass is 10.7. The number of nitrogens with two attached hydrogens (primary N) is 2. The van der Waals surface area contributed by atoms with Crippen molar-refractivity contribution in [3.05, 3.63) is 12.3 Å². The summed E-state index contributed by atoms with van der Waals surface area (Å²) in [5.74, 6) is 0. The van der Waals surface area contributed by atoms with Gasteiger partial charge in [-0.25, -0.2) is 0 Å². The number of allylic oxidation sites excluding steroid dienone is 1. The standard InChI is InChI=1S/C4H10IN3/c5-2-1-3-8-4(6)7/h1,3-4,8H,2,6-7H2/b3-1-. The predicted octanol–water partition coefficient (Wildman–Crippen LogP) is -0.274. The normalized spacial score (nSPS) is 11.0. The van der Waals surface area contributed by atoms with Crippen LogP contribution in [0.3, 0.4) is 0 Å². The van der Waals surface area contributed by atoms with Gasteiger partial charge in [0, 0.05) is 4.43 Å². The van der Waals surface area contributed by atoms with Crippen molar-refractivity contribution in [2.45, 2.75) is 6.29 Å². The van der Waals surface area contributed by atoms with Crippen LogP contribution in [-0.4, -0.2) is 10.7 Å². The summed E-state index contributed by atoms with van der Waals surface area (Å²) >= 11 is 2.23. The van der Waals surface area contributed by atoms with Gasteiger partial charge in [-0.15, -0.1) is 0 Å². The van der Waals surface area contributed by atoms with Gasteiger partial charge in [0.15, 0.2) is 0 Å². The van der Waals surface area contributed by atoms with Gasteiger partial charge in [-0.05, 0) is 6.20 Å². The van der Waals surface area contributed by atoms with Crippen molar-refractivity contribution in [2.24, 2.45) is 11.5 Å². The first-order valence-electron chi connectivity index (χ1n) is 2.25. The monoisotopic (exact) mass is 227 g/mol. The van der Waals surface area contributed by atoms with E-state index in [0.29, 0.717) is 0 Å². The number of alkyl halides is 1. The fourth-order valence-electron chi connectivity index (χ4n) is 0.224. The van der Waals surface area contributed by atoms with Gasteiger partial charge in [-0.2, -0.15) is 0 Å². The number of hydrogen-bond donors (Lipinski definition) is 3. The first-order chi connectivity index (χ1) is 3.77. The molecule has 0 radical (unpaired) electrons. The summed E-state index contributed by atoms with van der Waals surface area (Å²) in [6, 6.07) is 0. The Kier molecular flexibility index (Phi) is 5.46. The van der Waals surface area contributed by atoms with Gasteiger partial charge >= 0.3 is 0 Å². The van der Waals surface area contributed by atoms with E-state index in [9.17, 15) is 0 Å². The zero-order chi connectivity index (χ0) is 6.41. The van der Waals surface area contributed by atoms with E-state index in [0.717, 1.165) is 4.43 Å². The molecule has 0 fully saturated rings. The molecule has 0 bridgehead atoms. The second kappa shape index (κ2) is 5.33. The zero-order valence-corrected chi connectivity index (χ0v) is 6.63. The van der Waals surface area contributed by atoms with Crippen molar-refractivity contribution < 1.29 is 0 Å². The van der Waals surface area contributed by atoms with Gasteiger partial charge in [-0.1, -0.05) is 28.7 Å². The van der Waals surface area contributed by atoms with Crippen molar-refractivity contribution in [1.29, 1.82) is 0 Å². The highest BCUT2D eigenvalue weighted by molar-refractivity contribution is 14.1. The van der Waals surface area contributed by atoms with Crippen molar-refractivity contribution in [2.75, 3.05) is 4.43 Å². The van der Waals surface area contributed by atoms with Crippen LogP contribution < -0.4 is 16.8 Å². The maximum Gasteiger partial charge on any atom is 0.126 e. The lowest BCUT2D eigenvalue weighted by molar-refractivity contribution is 0.639. The van der Waals surface area contributed by atoms with Crippen LogP contribution in [0.5, 0.6) is 0 Å². The molecule has 0 unspecified atom stereocenters. The highest BCUT2D eigenvalue weighted by Gasteiger charge is 1.80. The molecule has 4 heteroatoms. The number of hydrogen-bond acceptors (Lipinski definition) is 3. The molecule has 0 saturated carbocycles. The molecular formula is C4H10IN3. The van der Waals surface area contributed by atoms with Crippen LogP contribution in [0.25, 0.3) is 0 Å². The van der Waals surface area contributed by atoms with Crippen LogP contribution in [-0.2, 0) is 0 Å². The van der Waals surface area contributed by atoms with Crippen LogP contribution in [0.1, 0.15) is 0 Å². The Morgan fingerprint density at radius 3 is 2.62 bits per heavy atom. The summed E-state index contributed by atoms with van der Waals surface area (Å²) in [5, 5.41) is 2.72. The quantitative estimate of drug-likeness (QED) is 0.353. The zero-order valence-electron chi connectivity index (χ0n) is 4.47. The molecule has 0 spiro atoms. The fraction of sp³-hybridized carbons (Fsp3) is 0.500. The summed E-state index contributed by atoms with van der Waals surface area (Å²) in [4.78, 5) is 0. The lowest BCUT2D eigenvalue weighted by Gasteiger charge is -2.01. The molecular weight excluding hydrogens is 217 g/mol. The lowest BCUT2D eigenvalue weighted by Crippen LogP contribution is -2.42. The molecule has 3 nitrogen and oxygen atoms in total. The van der Waals surface area contributed by atoms with Gasteiger partial charge in [0.2, 0.25) is 0 Å². The van der Waals surface area contributed by atoms with Gasteiger partial charge < -0.3 is 5.32 Å². The van der Waals surface area contributed by atoms with E-state index >= 15 is 0 Å². The second-order valence-corrected chi connectivity index (χ2v) is 2.13. The Morgan fingerprint density at radius 2 is 2.25 bits per heavy atom. The van der Waals surface area contributed by atoms with Crippen LogP contribution in [0.2, 0.25) is 0 Å². The summed E-state index contributed by atoms with van der Waals surface area (Å²) in [6.07, 6.45) is 3.25. The van der Waals surface area contributed by atoms with Gasteiger partial charge in [0.25, 0.3) is 0 Å². The smallest absolute Gasteiger partial charge is 0.126 e. The highest BCUT2D eigenvalue weighted by Crippen LogP contribution is 1.79. The molecule has 0 aromatic carbocycles. The molecule has 0 aromatic rings. The maximum absolute atomic E-state index is 5.15. The fourth-order valence-corrected chi connectivity index (χ4v) is 0.478. The third kappa shape index (κ3) is 6.19. The number of halogens is 1. The molecule has 0 atom stereocenters. The molecule has 8 heavy (non-hydrogen) atoms. The minimum atomic E-state index is -0.436. The molecule has 5 N–H and O–H groups in total. The summed E-state index contributed by atoms with van der Waals surface area (Å²) < 4.78 is 0.970. The third-order valence-electron chi connectivity index (χ3n) is 0.496. The van der Waals surface area contributed by atoms with Crippen LogP contribution in [0, 0.1) is 0 Å². The molecule has 0 aromatic heterocycles. The molecule has 0 rings (SSSR count). The Hall–Kier alpha value is 0.190. The molecule has 0 saturated heterocycles. The molecule has 0 aliphatic carbocycles. The second-order valence-electron chi connectivity index (χ2n) is 1.25. The number of rotatable bonds is 3. The van der Waals surface area contributed by atoms with E-state index < -0.39 is 6.29 Å². The Morgan fingerprint density at radius 1 is 1.62 bits per heavy atom. The summed E-state index contributed by atoms with van der Waals surface area (Å²) in [7, 11) is 0. The number of nitrogens with one attached hydrogen (secondary N) is 1. The predicted molar refractivity (Wildman–Crippen MR) is 43.3 cm³/mol. The molecule has 0 aliphatic rings. The maximum atomic E-state index is 5.15. The van der Waals surface area contributed by atoms with E-state index in [1.165, 1.54) is 0 Å². The Bertz CT molecular complexity index is 71.7. The largest absolute Gasteiger partial charge is 0.364 e. The first kappa shape index (κ1) is 8.19. The van der Waals surface area contributed by atoms with Crippen molar-refractivity contribution in [3.8, 4) is 0 Å². The van der Waals surface area contributed by atoms with E-state index in [4.69, 9.17) is 11.5 Å². The average molecular weight is 227 g/mol. The van der Waals surface area contributed by atoms with E-state index in [2.05, 4.69) is 27.9 Å². The third-order valence-corrected chi connectivity index (χ3v) is 1.00. The topological polar surface area (TPSA) is 64.1 Å². The summed E-state index contributed by atoms with van der Waals surface area (Å²) in [6.45, 7) is 0. The Labute approximate surface area is 62.6 Å². The van der Waals surface area contributed by atoms with Crippen molar-refractivity contribution >= 4 is 22.6 Å². The van der Waals surface area contributed by atoms with Crippen molar-refractivity contribution in [1.82, 2.24) is 5.32 Å². The molecule has 0 heterocycles. The molecule has 48 valence electrons. The first-order valence-corrected chi connectivity index (χ1v) is 3.78. The van der Waals surface area contributed by atoms with Gasteiger partial charge in [0.05, 0.1) is 0 Å². The van der Waals surface area contributed by atoms with Crippen LogP contribution in [0.4, 0.5) is 0 Å². The van der Waals surface area contributed by atoms with Crippen molar-refractivity contribution in [3.63, 3.8) is 0 Å². The van der Waals surface area contributed by atoms with Crippen LogP contribution in [0.15, 0.2) is 12.3 Å². The highest BCUT2D eigenvalue weighted by atomic mass is 127. The minimum Gasteiger partial charge on any atom is -0.364 e. The Balaban J connectivity index is 3.03. The average Bonchev–Trinajstić information content (AvgIpc) is 1.66. The summed E-state index contributed by atoms with van der Waals surface area (Å²) in [5.41, 5.74) is 10.3. The molecule has 0 amide bonds. The van der Waals surface area contributed by atoms with Gasteiger partial charge in [-0.3, -0.25) is 11.5 Å². The van der Waals surface area contributed by atoms with Gasteiger partial charge in [0.1, 0.15) is 6.29 Å². The van der Waals surface area contributed by atoms with E-state index in [-0.39, 0.29) is 0 Å². The van der Waals surface area contributed by atoms with E-state index in [1.54, 1.807) is 6.20 Å².